The van der Waals surface area contributed by atoms with E-state index in [4.69, 9.17) is 0 Å². The number of halogens is 2. The van der Waals surface area contributed by atoms with E-state index in [0.29, 0.717) is 15.6 Å². The van der Waals surface area contributed by atoms with Gasteiger partial charge in [-0.25, -0.2) is 5.43 Å². The summed E-state index contributed by atoms with van der Waals surface area (Å²) in [6.07, 6.45) is 1.39. The Bertz CT molecular complexity index is 738. The largest absolute Gasteiger partial charge is 0.506 e. The van der Waals surface area contributed by atoms with E-state index in [0.717, 1.165) is 15.6 Å². The average molecular weight is 426 g/mol. The van der Waals surface area contributed by atoms with Crippen molar-refractivity contribution in [3.05, 3.63) is 61.5 Å². The fourth-order valence-electron chi connectivity index (χ4n) is 2.02. The first kappa shape index (κ1) is 16.7. The van der Waals surface area contributed by atoms with E-state index in [2.05, 4.69) is 42.4 Å². The van der Waals surface area contributed by atoms with Crippen LogP contribution >= 0.6 is 31.9 Å². The molecule has 0 bridgehead atoms. The molecule has 0 atom stereocenters. The number of carbonyl (C=O) groups excluding carboxylic acids is 1. The summed E-state index contributed by atoms with van der Waals surface area (Å²) in [4.78, 5) is 12.1. The second-order valence-electron chi connectivity index (χ2n) is 4.90. The van der Waals surface area contributed by atoms with E-state index < -0.39 is 0 Å². The molecule has 2 aromatic carbocycles. The lowest BCUT2D eigenvalue weighted by Crippen LogP contribution is -2.17. The Morgan fingerprint density at radius 1 is 1.14 bits per heavy atom. The van der Waals surface area contributed by atoms with Gasteiger partial charge in [0.25, 0.3) is 5.91 Å². The molecule has 114 valence electrons. The molecule has 0 radical (unpaired) electrons. The normalized spacial score (nSPS) is 10.9. The molecule has 0 aromatic heterocycles. The third-order valence-electron chi connectivity index (χ3n) is 2.91. The molecule has 6 heteroatoms. The number of phenolic OH excluding ortho intramolecular Hbond substituents is 1. The number of aryl methyl sites for hydroxylation is 2. The number of rotatable bonds is 3. The molecule has 0 spiro atoms. The molecule has 2 aromatic rings. The van der Waals surface area contributed by atoms with Gasteiger partial charge in [0, 0.05) is 15.6 Å². The quantitative estimate of drug-likeness (QED) is 0.568. The average Bonchev–Trinajstić information content (AvgIpc) is 2.42. The maximum atomic E-state index is 12.1. The third-order valence-corrected chi connectivity index (χ3v) is 3.97. The molecule has 0 fully saturated rings. The van der Waals surface area contributed by atoms with Crippen molar-refractivity contribution in [1.29, 1.82) is 0 Å². The highest BCUT2D eigenvalue weighted by atomic mass is 79.9. The third kappa shape index (κ3) is 4.18. The van der Waals surface area contributed by atoms with Crippen molar-refractivity contribution in [3.8, 4) is 5.75 Å². The van der Waals surface area contributed by atoms with Crippen LogP contribution in [0.3, 0.4) is 0 Å². The summed E-state index contributed by atoms with van der Waals surface area (Å²) in [6.45, 7) is 3.87. The first-order chi connectivity index (χ1) is 10.4. The van der Waals surface area contributed by atoms with Crippen LogP contribution in [0.5, 0.6) is 5.75 Å². The van der Waals surface area contributed by atoms with Crippen LogP contribution in [0.4, 0.5) is 0 Å². The number of hydrogen-bond acceptors (Lipinski definition) is 3. The highest BCUT2D eigenvalue weighted by Crippen LogP contribution is 2.30. The summed E-state index contributed by atoms with van der Waals surface area (Å²) in [5.41, 5.74) is 5.53. The maximum absolute atomic E-state index is 12.1. The van der Waals surface area contributed by atoms with E-state index in [9.17, 15) is 9.90 Å². The summed E-state index contributed by atoms with van der Waals surface area (Å²) in [5.74, 6) is -0.232. The number of benzene rings is 2. The number of hydrazone groups is 1. The minimum absolute atomic E-state index is 0.0626. The van der Waals surface area contributed by atoms with Crippen molar-refractivity contribution < 1.29 is 9.90 Å². The molecule has 22 heavy (non-hydrogen) atoms. The van der Waals surface area contributed by atoms with Crippen molar-refractivity contribution in [2.24, 2.45) is 5.10 Å². The lowest BCUT2D eigenvalue weighted by atomic mass is 10.1. The topological polar surface area (TPSA) is 61.7 Å². The number of amides is 1. The van der Waals surface area contributed by atoms with Crippen LogP contribution in [-0.4, -0.2) is 17.2 Å². The Hall–Kier alpha value is -1.66. The number of aromatic hydroxyl groups is 1. The molecule has 2 rings (SSSR count). The Morgan fingerprint density at radius 2 is 1.77 bits per heavy atom. The van der Waals surface area contributed by atoms with Crippen LogP contribution in [0.2, 0.25) is 0 Å². The highest BCUT2D eigenvalue weighted by Gasteiger charge is 2.07. The van der Waals surface area contributed by atoms with Gasteiger partial charge in [-0.15, -0.1) is 0 Å². The number of carbonyl (C=O) groups is 1. The molecule has 4 nitrogen and oxygen atoms in total. The molecule has 0 unspecified atom stereocenters. The van der Waals surface area contributed by atoms with E-state index in [1.807, 2.05) is 19.9 Å². The second kappa shape index (κ2) is 7.07. The van der Waals surface area contributed by atoms with Gasteiger partial charge in [0.1, 0.15) is 5.75 Å². The Morgan fingerprint density at radius 3 is 2.41 bits per heavy atom. The van der Waals surface area contributed by atoms with Gasteiger partial charge in [-0.2, -0.15) is 5.10 Å². The monoisotopic (exact) mass is 424 g/mol. The summed E-state index contributed by atoms with van der Waals surface area (Å²) in [5, 5.41) is 13.8. The van der Waals surface area contributed by atoms with Gasteiger partial charge in [-0.3, -0.25) is 4.79 Å². The molecule has 0 aliphatic carbocycles. The smallest absolute Gasteiger partial charge is 0.271 e. The summed E-state index contributed by atoms with van der Waals surface area (Å²) in [6, 6.07) is 9.01. The first-order valence-electron chi connectivity index (χ1n) is 6.46. The molecule has 1 amide bonds. The van der Waals surface area contributed by atoms with Crippen molar-refractivity contribution in [2.75, 3.05) is 0 Å². The van der Waals surface area contributed by atoms with Gasteiger partial charge in [0.2, 0.25) is 0 Å². The predicted octanol–water partition coefficient (Wildman–Crippen LogP) is 4.30. The standard InChI is InChI=1S/C16H14Br2N2O2/c1-9-3-10(2)5-11(4-9)16(22)20-19-8-12-6-13(17)7-14(18)15(12)21/h3-8,21H,1-2H3,(H,20,22)/b19-8+. The van der Waals surface area contributed by atoms with Crippen molar-refractivity contribution in [3.63, 3.8) is 0 Å². The van der Waals surface area contributed by atoms with Gasteiger partial charge in [0.05, 0.1) is 10.7 Å². The minimum atomic E-state index is -0.295. The SMILES string of the molecule is Cc1cc(C)cc(C(=O)N/N=C/c2cc(Br)cc(Br)c2O)c1. The zero-order valence-electron chi connectivity index (χ0n) is 12.0. The summed E-state index contributed by atoms with van der Waals surface area (Å²) in [7, 11) is 0. The predicted molar refractivity (Wildman–Crippen MR) is 94.5 cm³/mol. The highest BCUT2D eigenvalue weighted by molar-refractivity contribution is 9.11. The molecule has 0 aliphatic rings. The van der Waals surface area contributed by atoms with Crippen LogP contribution in [0, 0.1) is 13.8 Å². The van der Waals surface area contributed by atoms with Gasteiger partial charge >= 0.3 is 0 Å². The molecule has 0 saturated carbocycles. The van der Waals surface area contributed by atoms with Gasteiger partial charge < -0.3 is 5.11 Å². The van der Waals surface area contributed by atoms with Crippen molar-refractivity contribution in [1.82, 2.24) is 5.43 Å². The number of phenols is 1. The van der Waals surface area contributed by atoms with Crippen LogP contribution in [-0.2, 0) is 0 Å². The molecule has 0 heterocycles. The van der Waals surface area contributed by atoms with Gasteiger partial charge in [0.15, 0.2) is 0 Å². The van der Waals surface area contributed by atoms with Crippen LogP contribution in [0.15, 0.2) is 44.4 Å². The van der Waals surface area contributed by atoms with Crippen molar-refractivity contribution >= 4 is 44.0 Å². The Kier molecular flexibility index (Phi) is 5.37. The second-order valence-corrected chi connectivity index (χ2v) is 6.67. The number of hydrogen-bond donors (Lipinski definition) is 2. The van der Waals surface area contributed by atoms with Gasteiger partial charge in [-0.1, -0.05) is 33.1 Å². The van der Waals surface area contributed by atoms with E-state index in [1.165, 1.54) is 6.21 Å². The van der Waals surface area contributed by atoms with Crippen LogP contribution in [0.1, 0.15) is 27.0 Å². The fraction of sp³-hybridized carbons (Fsp3) is 0.125. The molecular formula is C16H14Br2N2O2. The minimum Gasteiger partial charge on any atom is -0.506 e. The molecular weight excluding hydrogens is 412 g/mol. The van der Waals surface area contributed by atoms with Crippen LogP contribution in [0.25, 0.3) is 0 Å². The lowest BCUT2D eigenvalue weighted by molar-refractivity contribution is 0.0955. The summed E-state index contributed by atoms with van der Waals surface area (Å²) >= 11 is 6.57. The Balaban J connectivity index is 2.14. The number of nitrogens with zero attached hydrogens (tertiary/aromatic N) is 1. The number of nitrogens with one attached hydrogen (secondary N) is 1. The maximum Gasteiger partial charge on any atom is 0.271 e. The zero-order valence-corrected chi connectivity index (χ0v) is 15.2. The van der Waals surface area contributed by atoms with E-state index in [-0.39, 0.29) is 11.7 Å². The molecule has 0 saturated heterocycles. The summed E-state index contributed by atoms with van der Waals surface area (Å²) < 4.78 is 1.34. The molecule has 0 aliphatic heterocycles. The first-order valence-corrected chi connectivity index (χ1v) is 8.05. The lowest BCUT2D eigenvalue weighted by Gasteiger charge is -2.04. The molecule has 2 N–H and O–H groups in total. The van der Waals surface area contributed by atoms with E-state index in [1.54, 1.807) is 24.3 Å². The Labute approximate surface area is 145 Å². The van der Waals surface area contributed by atoms with E-state index >= 15 is 0 Å². The zero-order chi connectivity index (χ0) is 16.3. The van der Waals surface area contributed by atoms with Gasteiger partial charge in [-0.05, 0) is 54.0 Å². The fourth-order valence-corrected chi connectivity index (χ4v) is 3.27. The van der Waals surface area contributed by atoms with Crippen LogP contribution < -0.4 is 5.43 Å². The van der Waals surface area contributed by atoms with Crippen molar-refractivity contribution in [2.45, 2.75) is 13.8 Å².